The quantitative estimate of drug-likeness (QED) is 0.454. The molecule has 2 aromatic carbocycles. The van der Waals surface area contributed by atoms with Crippen molar-refractivity contribution in [3.05, 3.63) is 59.4 Å². The lowest BCUT2D eigenvalue weighted by Gasteiger charge is -2.30. The van der Waals surface area contributed by atoms with Gasteiger partial charge in [0.25, 0.3) is 0 Å². The minimum absolute atomic E-state index is 0.136. The summed E-state index contributed by atoms with van der Waals surface area (Å²) in [5.74, 6) is 1.79. The summed E-state index contributed by atoms with van der Waals surface area (Å²) in [6, 6.07) is 14.3. The molecule has 0 aliphatic carbocycles. The fourth-order valence-corrected chi connectivity index (χ4v) is 4.76. The van der Waals surface area contributed by atoms with Crippen molar-refractivity contribution in [3.63, 3.8) is 0 Å². The minimum atomic E-state index is 0.136. The van der Waals surface area contributed by atoms with Crippen LogP contribution in [0.25, 0.3) is 0 Å². The molecule has 2 aliphatic heterocycles. The molecule has 0 radical (unpaired) electrons. The number of carbonyl (C=O) groups excluding carboxylic acids is 1. The molecule has 2 saturated heterocycles. The number of benzene rings is 2. The Labute approximate surface area is 216 Å². The van der Waals surface area contributed by atoms with E-state index in [1.54, 1.807) is 4.90 Å². The molecule has 37 heavy (non-hydrogen) atoms. The number of ether oxygens (including phenoxy) is 2. The molecule has 1 aromatic heterocycles. The Bertz CT molecular complexity index is 1250. The highest BCUT2D eigenvalue weighted by atomic mass is 16.5. The van der Waals surface area contributed by atoms with Gasteiger partial charge < -0.3 is 30.3 Å². The molecule has 3 N–H and O–H groups in total. The van der Waals surface area contributed by atoms with Gasteiger partial charge in [0.15, 0.2) is 5.82 Å². The van der Waals surface area contributed by atoms with E-state index in [2.05, 4.69) is 49.4 Å². The van der Waals surface area contributed by atoms with E-state index in [-0.39, 0.29) is 18.5 Å². The van der Waals surface area contributed by atoms with Gasteiger partial charge in [-0.1, -0.05) is 18.2 Å². The van der Waals surface area contributed by atoms with Crippen LogP contribution in [-0.2, 0) is 22.6 Å². The fourth-order valence-electron chi connectivity index (χ4n) is 4.76. The average molecular weight is 504 g/mol. The Hall–Kier alpha value is -3.92. The highest BCUT2D eigenvalue weighted by Gasteiger charge is 2.22. The fraction of sp³-hybridized carbons (Fsp3) is 0.407. The third kappa shape index (κ3) is 6.26. The van der Waals surface area contributed by atoms with E-state index >= 15 is 0 Å². The van der Waals surface area contributed by atoms with Crippen LogP contribution in [-0.4, -0.2) is 60.3 Å². The molecule has 3 heterocycles. The summed E-state index contributed by atoms with van der Waals surface area (Å²) in [6.45, 7) is 6.80. The van der Waals surface area contributed by atoms with Crippen LogP contribution in [0.1, 0.15) is 29.8 Å². The van der Waals surface area contributed by atoms with Crippen molar-refractivity contribution in [1.29, 1.82) is 0 Å². The van der Waals surface area contributed by atoms with Gasteiger partial charge >= 0.3 is 0 Å². The van der Waals surface area contributed by atoms with Gasteiger partial charge in [-0.25, -0.2) is 0 Å². The summed E-state index contributed by atoms with van der Waals surface area (Å²) < 4.78 is 11.5. The van der Waals surface area contributed by atoms with Crippen molar-refractivity contribution < 1.29 is 14.3 Å². The molecule has 10 nitrogen and oxygen atoms in total. The molecular weight excluding hydrogens is 470 g/mol. The predicted octanol–water partition coefficient (Wildman–Crippen LogP) is 2.96. The lowest BCUT2D eigenvalue weighted by atomic mass is 10.1. The molecule has 5 rings (SSSR count). The highest BCUT2D eigenvalue weighted by molar-refractivity contribution is 5.95. The van der Waals surface area contributed by atoms with E-state index in [1.165, 1.54) is 11.3 Å². The first-order chi connectivity index (χ1) is 18.0. The standard InChI is InChI=1S/C27H33N7O3/c1-19-15-21(34-10-4-7-25(34)35)17-22(16-19)37-18-24-30-26(28)32-27(31-24)29-9-8-20-5-2-3-6-23(20)33-11-13-36-14-12-33/h2-3,5-6,15-17H,4,7-14,18H2,1H3,(H3,28,29,30,31,32). The first-order valence-corrected chi connectivity index (χ1v) is 12.7. The Kier molecular flexibility index (Phi) is 7.65. The van der Waals surface area contributed by atoms with Crippen LogP contribution in [0.3, 0.4) is 0 Å². The van der Waals surface area contributed by atoms with E-state index in [0.29, 0.717) is 30.5 Å². The second kappa shape index (κ2) is 11.4. The lowest BCUT2D eigenvalue weighted by molar-refractivity contribution is -0.117. The first-order valence-electron chi connectivity index (χ1n) is 12.7. The molecule has 194 valence electrons. The number of para-hydroxylation sites is 1. The zero-order chi connectivity index (χ0) is 25.6. The lowest BCUT2D eigenvalue weighted by Crippen LogP contribution is -2.36. The molecule has 10 heteroatoms. The van der Waals surface area contributed by atoms with Crippen LogP contribution in [0.4, 0.5) is 23.3 Å². The Balaban J connectivity index is 1.20. The van der Waals surface area contributed by atoms with E-state index in [0.717, 1.165) is 56.9 Å². The number of nitrogens with two attached hydrogens (primary N) is 1. The molecular formula is C27H33N7O3. The molecule has 3 aromatic rings. The van der Waals surface area contributed by atoms with Gasteiger partial charge in [0.1, 0.15) is 12.4 Å². The smallest absolute Gasteiger partial charge is 0.227 e. The largest absolute Gasteiger partial charge is 0.486 e. The summed E-state index contributed by atoms with van der Waals surface area (Å²) in [6.07, 6.45) is 2.27. The van der Waals surface area contributed by atoms with Crippen molar-refractivity contribution >= 4 is 29.2 Å². The van der Waals surface area contributed by atoms with Crippen molar-refractivity contribution in [2.75, 3.05) is 60.2 Å². The number of rotatable bonds is 9. The molecule has 0 unspecified atom stereocenters. The highest BCUT2D eigenvalue weighted by Crippen LogP contribution is 2.28. The van der Waals surface area contributed by atoms with Crippen molar-refractivity contribution in [2.45, 2.75) is 32.8 Å². The molecule has 1 amide bonds. The van der Waals surface area contributed by atoms with Crippen LogP contribution in [0, 0.1) is 6.92 Å². The molecule has 0 spiro atoms. The van der Waals surface area contributed by atoms with Crippen molar-refractivity contribution in [2.24, 2.45) is 0 Å². The van der Waals surface area contributed by atoms with Crippen LogP contribution in [0.5, 0.6) is 5.75 Å². The first kappa shape index (κ1) is 24.8. The van der Waals surface area contributed by atoms with Gasteiger partial charge in [-0.15, -0.1) is 0 Å². The van der Waals surface area contributed by atoms with Crippen molar-refractivity contribution in [3.8, 4) is 5.75 Å². The van der Waals surface area contributed by atoms with E-state index < -0.39 is 0 Å². The zero-order valence-corrected chi connectivity index (χ0v) is 21.2. The number of hydrogen-bond donors (Lipinski definition) is 2. The maximum absolute atomic E-state index is 12.2. The summed E-state index contributed by atoms with van der Waals surface area (Å²) >= 11 is 0. The number of nitrogen functional groups attached to an aromatic ring is 1. The predicted molar refractivity (Wildman–Crippen MR) is 143 cm³/mol. The third-order valence-corrected chi connectivity index (χ3v) is 6.51. The average Bonchev–Trinajstić information content (AvgIpc) is 3.34. The van der Waals surface area contributed by atoms with Crippen LogP contribution in [0.2, 0.25) is 0 Å². The van der Waals surface area contributed by atoms with Crippen LogP contribution >= 0.6 is 0 Å². The number of anilines is 4. The zero-order valence-electron chi connectivity index (χ0n) is 21.2. The summed E-state index contributed by atoms with van der Waals surface area (Å²) in [5, 5.41) is 3.28. The minimum Gasteiger partial charge on any atom is -0.486 e. The summed E-state index contributed by atoms with van der Waals surface area (Å²) in [4.78, 5) is 29.3. The Morgan fingerprint density at radius 1 is 1.08 bits per heavy atom. The van der Waals surface area contributed by atoms with E-state index in [9.17, 15) is 4.79 Å². The topological polar surface area (TPSA) is 119 Å². The summed E-state index contributed by atoms with van der Waals surface area (Å²) in [5.41, 5.74) is 10.3. The van der Waals surface area contributed by atoms with Gasteiger partial charge in [0.2, 0.25) is 17.8 Å². The molecule has 0 bridgehead atoms. The van der Waals surface area contributed by atoms with Crippen LogP contribution < -0.4 is 25.6 Å². The van der Waals surface area contributed by atoms with Gasteiger partial charge in [-0.2, -0.15) is 15.0 Å². The van der Waals surface area contributed by atoms with E-state index in [4.69, 9.17) is 15.2 Å². The van der Waals surface area contributed by atoms with E-state index in [1.807, 2.05) is 25.1 Å². The number of nitrogens with one attached hydrogen (secondary N) is 1. The van der Waals surface area contributed by atoms with Gasteiger partial charge in [0, 0.05) is 50.0 Å². The Morgan fingerprint density at radius 3 is 2.73 bits per heavy atom. The monoisotopic (exact) mass is 503 g/mol. The molecule has 2 aliphatic rings. The number of nitrogens with zero attached hydrogens (tertiary/aromatic N) is 5. The molecule has 0 atom stereocenters. The van der Waals surface area contributed by atoms with Crippen LogP contribution in [0.15, 0.2) is 42.5 Å². The second-order valence-corrected chi connectivity index (χ2v) is 9.28. The number of aryl methyl sites for hydroxylation is 1. The number of aromatic nitrogens is 3. The number of carbonyl (C=O) groups is 1. The van der Waals surface area contributed by atoms with Gasteiger partial charge in [-0.05, 0) is 49.1 Å². The van der Waals surface area contributed by atoms with Crippen molar-refractivity contribution in [1.82, 2.24) is 15.0 Å². The second-order valence-electron chi connectivity index (χ2n) is 9.28. The third-order valence-electron chi connectivity index (χ3n) is 6.51. The maximum atomic E-state index is 12.2. The summed E-state index contributed by atoms with van der Waals surface area (Å²) in [7, 11) is 0. The maximum Gasteiger partial charge on any atom is 0.227 e. The normalized spacial score (nSPS) is 15.8. The number of hydrogen-bond acceptors (Lipinski definition) is 9. The van der Waals surface area contributed by atoms with Gasteiger partial charge in [-0.3, -0.25) is 4.79 Å². The molecule has 2 fully saturated rings. The number of morpholine rings is 1. The number of amides is 1. The Morgan fingerprint density at radius 2 is 1.92 bits per heavy atom. The van der Waals surface area contributed by atoms with Gasteiger partial charge in [0.05, 0.1) is 13.2 Å². The molecule has 0 saturated carbocycles. The SMILES string of the molecule is Cc1cc(OCc2nc(N)nc(NCCc3ccccc3N3CCOCC3)n2)cc(N2CCCC2=O)c1.